The molecular formula is C26H40N8O16P2S. The molecule has 296 valence electrons. The molecular weight excluding hydrogens is 774 g/mol. The second-order valence-corrected chi connectivity index (χ2v) is 16.5. The van der Waals surface area contributed by atoms with Gasteiger partial charge in [0, 0.05) is 22.7 Å². The van der Waals surface area contributed by atoms with Gasteiger partial charge in [0.05, 0.1) is 19.5 Å². The molecule has 3 aliphatic rings. The first-order valence-electron chi connectivity index (χ1n) is 15.3. The average molecular weight is 815 g/mol. The standard InChI is InChI=1S/C21H29N7O14P2.C5H11NO2S/c22-17-12-19(25-7-24-17)28(8-26-12)21-16(32)14(30)11(41-21)6-39-44(36,37)42-43(34,35)38-5-10-13(29)15(31)20(40-10)27-3-1-2-9(4-27)18(23)33;1-5(2,9)3(6)4(7)8/h1,3-4,7-8,10-11,13-16,20-21,29-32H,2,5-6H2,(H2,23,33)(H,34,35)(H,36,37)(H2,22,24,25);3,9H,6H2,1-2H3,(H,7,8)/t10-,11-,13-,14-,15-,16-,20-,21-;3-/m10/s1. The summed E-state index contributed by atoms with van der Waals surface area (Å²) in [6.07, 6.45) is -4.88. The summed E-state index contributed by atoms with van der Waals surface area (Å²) in [5.74, 6) is -1.68. The number of rotatable bonds is 13. The SMILES string of the molecule is CC(C)(S)[C@@H](N)C(=O)O.NC(=O)C1=CN([C@@H]2O[C@H](COP(=O)(O)OP(=O)(O)OC[C@H]3O[C@@H](n4cnc5c(N)ncnc54)[C@H](O)[C@@H]3O)[C@@H](O)[C@H]2O)C=CC1. The number of carboxylic acids is 1. The number of phosphoric ester groups is 2. The number of thiol groups is 1. The number of fused-ring (bicyclic) bond motifs is 1. The van der Waals surface area contributed by atoms with Gasteiger partial charge in [0.15, 0.2) is 23.9 Å². The van der Waals surface area contributed by atoms with E-state index in [1.165, 1.54) is 28.2 Å². The summed E-state index contributed by atoms with van der Waals surface area (Å²) in [7, 11) is -10.7. The van der Waals surface area contributed by atoms with E-state index in [1.54, 1.807) is 19.9 Å². The number of aliphatic hydroxyl groups excluding tert-OH is 4. The molecule has 53 heavy (non-hydrogen) atoms. The maximum absolute atomic E-state index is 12.4. The monoisotopic (exact) mass is 814 g/mol. The van der Waals surface area contributed by atoms with Crippen LogP contribution in [0.5, 0.6) is 0 Å². The minimum atomic E-state index is -5.37. The van der Waals surface area contributed by atoms with Gasteiger partial charge in [0.2, 0.25) is 5.91 Å². The highest BCUT2D eigenvalue weighted by Crippen LogP contribution is 2.60. The number of imidazole rings is 1. The van der Waals surface area contributed by atoms with E-state index in [-0.39, 0.29) is 29.0 Å². The average Bonchev–Trinajstić information content (AvgIpc) is 3.72. The van der Waals surface area contributed by atoms with Crippen LogP contribution in [0.1, 0.15) is 26.5 Å². The zero-order valence-electron chi connectivity index (χ0n) is 27.8. The Balaban J connectivity index is 0.000000618. The predicted molar refractivity (Wildman–Crippen MR) is 181 cm³/mol. The topological polar surface area (TPSA) is 381 Å². The van der Waals surface area contributed by atoms with Gasteiger partial charge < -0.3 is 66.9 Å². The Morgan fingerprint density at radius 1 is 1.00 bits per heavy atom. The molecule has 2 fully saturated rings. The molecule has 11 atom stereocenters. The molecule has 3 aliphatic heterocycles. The first-order chi connectivity index (χ1) is 24.5. The van der Waals surface area contributed by atoms with E-state index in [9.17, 15) is 48.9 Å². The van der Waals surface area contributed by atoms with Crippen LogP contribution in [0, 0.1) is 0 Å². The Hall–Kier alpha value is -3.10. The number of ether oxygens (including phenoxy) is 2. The molecule has 0 aliphatic carbocycles. The van der Waals surface area contributed by atoms with Crippen LogP contribution >= 0.6 is 28.3 Å². The third kappa shape index (κ3) is 10.4. The number of carboxylic acid groups (broad SMARTS) is 1. The fourth-order valence-corrected chi connectivity index (χ4v) is 7.18. The molecule has 2 aromatic rings. The lowest BCUT2D eigenvalue weighted by atomic mass is 10.1. The van der Waals surface area contributed by atoms with Gasteiger partial charge in [-0.25, -0.2) is 24.1 Å². The third-order valence-corrected chi connectivity index (χ3v) is 10.8. The lowest BCUT2D eigenvalue weighted by Gasteiger charge is -2.28. The fourth-order valence-electron chi connectivity index (χ4n) is 4.98. The lowest BCUT2D eigenvalue weighted by molar-refractivity contribution is -0.139. The maximum atomic E-state index is 12.4. The Kier molecular flexibility index (Phi) is 13.5. The van der Waals surface area contributed by atoms with E-state index in [2.05, 4.69) is 31.9 Å². The van der Waals surface area contributed by atoms with Crippen molar-refractivity contribution in [2.24, 2.45) is 11.5 Å². The summed E-state index contributed by atoms with van der Waals surface area (Å²) in [6, 6.07) is -0.902. The van der Waals surface area contributed by atoms with Gasteiger partial charge in [0.1, 0.15) is 54.5 Å². The third-order valence-electron chi connectivity index (χ3n) is 7.90. The number of aliphatic hydroxyl groups is 4. The minimum Gasteiger partial charge on any atom is -0.480 e. The molecule has 0 radical (unpaired) electrons. The van der Waals surface area contributed by atoms with Crippen LogP contribution in [0.15, 0.2) is 36.7 Å². The van der Waals surface area contributed by atoms with Crippen molar-refractivity contribution < 1.29 is 76.9 Å². The van der Waals surface area contributed by atoms with Gasteiger partial charge in [-0.2, -0.15) is 16.9 Å². The van der Waals surface area contributed by atoms with Gasteiger partial charge in [0.25, 0.3) is 0 Å². The molecule has 27 heteroatoms. The van der Waals surface area contributed by atoms with Crippen LogP contribution < -0.4 is 17.2 Å². The van der Waals surface area contributed by atoms with E-state index in [0.717, 1.165) is 6.33 Å². The molecule has 1 amide bonds. The molecule has 0 saturated carbocycles. The molecule has 0 bridgehead atoms. The van der Waals surface area contributed by atoms with Crippen molar-refractivity contribution in [3.05, 3.63) is 36.7 Å². The smallest absolute Gasteiger partial charge is 0.480 e. The molecule has 13 N–H and O–H groups in total. The first kappa shape index (κ1) is 42.6. The fraction of sp³-hybridized carbons (Fsp3) is 0.577. The number of amides is 1. The van der Waals surface area contributed by atoms with Gasteiger partial charge in [-0.05, 0) is 20.3 Å². The van der Waals surface area contributed by atoms with Crippen molar-refractivity contribution in [2.75, 3.05) is 18.9 Å². The number of hydrogen-bond donors (Lipinski definition) is 11. The van der Waals surface area contributed by atoms with Crippen LogP contribution in [-0.4, -0.2) is 138 Å². The summed E-state index contributed by atoms with van der Waals surface area (Å²) in [5, 5.41) is 50.0. The number of phosphoric acid groups is 2. The number of anilines is 1. The van der Waals surface area contributed by atoms with Crippen molar-refractivity contribution in [3.8, 4) is 0 Å². The number of primary amides is 1. The zero-order valence-corrected chi connectivity index (χ0v) is 30.5. The number of nitrogens with zero attached hydrogens (tertiary/aromatic N) is 5. The molecule has 2 aromatic heterocycles. The molecule has 24 nitrogen and oxygen atoms in total. The quantitative estimate of drug-likeness (QED) is 0.0730. The van der Waals surface area contributed by atoms with E-state index in [0.29, 0.717) is 0 Å². The maximum Gasteiger partial charge on any atom is 0.481 e. The van der Waals surface area contributed by atoms with Crippen LogP contribution in [0.2, 0.25) is 0 Å². The molecule has 5 heterocycles. The minimum absolute atomic E-state index is 0.0517. The lowest BCUT2D eigenvalue weighted by Crippen LogP contribution is -2.45. The summed E-state index contributed by atoms with van der Waals surface area (Å²) >= 11 is 3.98. The zero-order chi connectivity index (χ0) is 39.6. The normalized spacial score (nSPS) is 30.2. The molecule has 0 aromatic carbocycles. The Labute approximate surface area is 305 Å². The largest absolute Gasteiger partial charge is 0.481 e. The number of carbonyl (C=O) groups excluding carboxylic acids is 1. The number of allylic oxidation sites excluding steroid dienone is 1. The second kappa shape index (κ2) is 16.7. The Bertz CT molecular complexity index is 1810. The number of nitrogens with two attached hydrogens (primary N) is 3. The summed E-state index contributed by atoms with van der Waals surface area (Å²) in [5.41, 5.74) is 16.8. The Morgan fingerprint density at radius 2 is 1.55 bits per heavy atom. The highest BCUT2D eigenvalue weighted by atomic mass is 32.1. The van der Waals surface area contributed by atoms with Crippen LogP contribution in [0.4, 0.5) is 5.82 Å². The highest BCUT2D eigenvalue weighted by molar-refractivity contribution is 7.81. The van der Waals surface area contributed by atoms with E-state index >= 15 is 0 Å². The molecule has 2 unspecified atom stereocenters. The first-order valence-corrected chi connectivity index (χ1v) is 18.7. The molecule has 5 rings (SSSR count). The summed E-state index contributed by atoms with van der Waals surface area (Å²) in [4.78, 5) is 54.8. The van der Waals surface area contributed by atoms with E-state index in [4.69, 9.17) is 40.8 Å². The number of aliphatic carboxylic acids is 1. The number of hydrogen-bond acceptors (Lipinski definition) is 20. The van der Waals surface area contributed by atoms with Crippen LogP contribution in [-0.2, 0) is 41.6 Å². The van der Waals surface area contributed by atoms with Crippen molar-refractivity contribution in [2.45, 2.75) is 80.1 Å². The van der Waals surface area contributed by atoms with E-state index < -0.39 is 101 Å². The Morgan fingerprint density at radius 3 is 2.06 bits per heavy atom. The van der Waals surface area contributed by atoms with Crippen LogP contribution in [0.25, 0.3) is 11.2 Å². The van der Waals surface area contributed by atoms with Crippen molar-refractivity contribution in [1.82, 2.24) is 24.4 Å². The number of aromatic nitrogens is 4. The van der Waals surface area contributed by atoms with Gasteiger partial charge in [-0.15, -0.1) is 0 Å². The summed E-state index contributed by atoms with van der Waals surface area (Å²) < 4.78 is 50.2. The van der Waals surface area contributed by atoms with Crippen LogP contribution in [0.3, 0.4) is 0 Å². The molecule has 2 saturated heterocycles. The van der Waals surface area contributed by atoms with Gasteiger partial charge >= 0.3 is 21.6 Å². The number of carbonyl (C=O) groups is 2. The van der Waals surface area contributed by atoms with Crippen molar-refractivity contribution >= 4 is 57.1 Å². The van der Waals surface area contributed by atoms with Gasteiger partial charge in [-0.3, -0.25) is 23.2 Å². The predicted octanol–water partition coefficient (Wildman–Crippen LogP) is -2.58. The summed E-state index contributed by atoms with van der Waals surface area (Å²) in [6.45, 7) is 1.54. The molecule has 0 spiro atoms. The van der Waals surface area contributed by atoms with Gasteiger partial charge in [-0.1, -0.05) is 6.08 Å². The second-order valence-electron chi connectivity index (χ2n) is 12.3. The number of nitrogen functional groups attached to an aromatic ring is 1. The van der Waals surface area contributed by atoms with E-state index in [1.807, 2.05) is 0 Å². The highest BCUT2D eigenvalue weighted by Gasteiger charge is 2.48. The van der Waals surface area contributed by atoms with Crippen molar-refractivity contribution in [3.63, 3.8) is 0 Å². The van der Waals surface area contributed by atoms with Crippen molar-refractivity contribution in [1.29, 1.82) is 0 Å².